The maximum atomic E-state index is 13.0. The predicted molar refractivity (Wildman–Crippen MR) is 68.6 cm³/mol. The summed E-state index contributed by atoms with van der Waals surface area (Å²) in [5, 5.41) is 2.86. The summed E-state index contributed by atoms with van der Waals surface area (Å²) in [4.78, 5) is 11.9. The molecular formula is C14H18F2N2O. The van der Waals surface area contributed by atoms with E-state index in [1.807, 2.05) is 0 Å². The van der Waals surface area contributed by atoms with Crippen LogP contribution in [0.15, 0.2) is 18.2 Å². The Hall–Kier alpha value is -1.49. The number of carbonyl (C=O) groups is 1. The predicted octanol–water partition coefficient (Wildman–Crippen LogP) is 2.21. The molecule has 0 aliphatic heterocycles. The Labute approximate surface area is 111 Å². The average molecular weight is 268 g/mol. The van der Waals surface area contributed by atoms with Crippen molar-refractivity contribution in [3.05, 3.63) is 35.4 Å². The minimum atomic E-state index is -1.00. The second-order valence-corrected chi connectivity index (χ2v) is 5.06. The summed E-state index contributed by atoms with van der Waals surface area (Å²) < 4.78 is 25.8. The van der Waals surface area contributed by atoms with Gasteiger partial charge in [0.25, 0.3) is 5.91 Å². The molecule has 19 heavy (non-hydrogen) atoms. The third-order valence-corrected chi connectivity index (χ3v) is 3.70. The van der Waals surface area contributed by atoms with E-state index in [2.05, 4.69) is 5.32 Å². The monoisotopic (exact) mass is 268 g/mol. The highest BCUT2D eigenvalue weighted by molar-refractivity contribution is 5.94. The van der Waals surface area contributed by atoms with Gasteiger partial charge in [0.05, 0.1) is 0 Å². The van der Waals surface area contributed by atoms with Crippen molar-refractivity contribution >= 4 is 5.91 Å². The Morgan fingerprint density at radius 3 is 2.47 bits per heavy atom. The van der Waals surface area contributed by atoms with Crippen LogP contribution in [0.5, 0.6) is 0 Å². The lowest BCUT2D eigenvalue weighted by Crippen LogP contribution is -2.38. The molecule has 1 aliphatic carbocycles. The third kappa shape index (κ3) is 3.50. The van der Waals surface area contributed by atoms with E-state index in [1.165, 1.54) is 6.07 Å². The Balaban J connectivity index is 1.92. The molecule has 3 N–H and O–H groups in total. The maximum absolute atomic E-state index is 13.0. The fourth-order valence-electron chi connectivity index (χ4n) is 2.45. The van der Waals surface area contributed by atoms with E-state index in [1.54, 1.807) is 0 Å². The number of carbonyl (C=O) groups excluding carboxylic acids is 1. The maximum Gasteiger partial charge on any atom is 0.251 e. The van der Waals surface area contributed by atoms with Crippen LogP contribution in [-0.4, -0.2) is 18.5 Å². The highest BCUT2D eigenvalue weighted by Gasteiger charge is 2.22. The van der Waals surface area contributed by atoms with Crippen molar-refractivity contribution < 1.29 is 13.6 Å². The van der Waals surface area contributed by atoms with Crippen molar-refractivity contribution in [2.24, 2.45) is 11.7 Å². The van der Waals surface area contributed by atoms with Gasteiger partial charge in [-0.1, -0.05) is 0 Å². The van der Waals surface area contributed by atoms with Gasteiger partial charge in [-0.15, -0.1) is 0 Å². The molecule has 3 nitrogen and oxygen atoms in total. The summed E-state index contributed by atoms with van der Waals surface area (Å²) in [6.07, 6.45) is 3.77. The van der Waals surface area contributed by atoms with Crippen LogP contribution in [0.1, 0.15) is 36.0 Å². The molecule has 0 bridgehead atoms. The fraction of sp³-hybridized carbons (Fsp3) is 0.500. The Morgan fingerprint density at radius 2 is 1.89 bits per heavy atom. The molecule has 5 heteroatoms. The Morgan fingerprint density at radius 1 is 1.21 bits per heavy atom. The summed E-state index contributed by atoms with van der Waals surface area (Å²) in [6, 6.07) is 3.29. The van der Waals surface area contributed by atoms with E-state index in [9.17, 15) is 13.6 Å². The minimum Gasteiger partial charge on any atom is -0.349 e. The van der Waals surface area contributed by atoms with Crippen molar-refractivity contribution in [1.82, 2.24) is 5.32 Å². The lowest BCUT2D eigenvalue weighted by atomic mass is 9.86. The molecule has 1 amide bonds. The lowest BCUT2D eigenvalue weighted by molar-refractivity contribution is 0.0922. The van der Waals surface area contributed by atoms with E-state index in [4.69, 9.17) is 5.73 Å². The molecule has 0 saturated heterocycles. The molecule has 1 aliphatic rings. The van der Waals surface area contributed by atoms with Gasteiger partial charge in [0.1, 0.15) is 0 Å². The molecule has 104 valence electrons. The van der Waals surface area contributed by atoms with Crippen LogP contribution in [0.4, 0.5) is 8.78 Å². The van der Waals surface area contributed by atoms with E-state index in [0.29, 0.717) is 12.5 Å². The van der Waals surface area contributed by atoms with E-state index >= 15 is 0 Å². The molecule has 1 aromatic carbocycles. The molecule has 0 aromatic heterocycles. The van der Waals surface area contributed by atoms with Crippen LogP contribution >= 0.6 is 0 Å². The van der Waals surface area contributed by atoms with Gasteiger partial charge >= 0.3 is 0 Å². The van der Waals surface area contributed by atoms with Crippen molar-refractivity contribution in [3.8, 4) is 0 Å². The van der Waals surface area contributed by atoms with Gasteiger partial charge in [-0.25, -0.2) is 8.78 Å². The first-order valence-corrected chi connectivity index (χ1v) is 6.56. The number of amides is 1. The summed E-state index contributed by atoms with van der Waals surface area (Å²) in [7, 11) is 0. The topological polar surface area (TPSA) is 55.1 Å². The second-order valence-electron chi connectivity index (χ2n) is 5.06. The molecular weight excluding hydrogens is 250 g/mol. The fourth-order valence-corrected chi connectivity index (χ4v) is 2.45. The smallest absolute Gasteiger partial charge is 0.251 e. The number of halogens is 2. The summed E-state index contributed by atoms with van der Waals surface area (Å²) in [5.74, 6) is -1.76. The van der Waals surface area contributed by atoms with Gasteiger partial charge in [-0.3, -0.25) is 4.79 Å². The Bertz CT molecular complexity index is 457. The first-order chi connectivity index (χ1) is 9.10. The zero-order valence-electron chi connectivity index (χ0n) is 10.7. The van der Waals surface area contributed by atoms with E-state index < -0.39 is 11.6 Å². The number of hydrogen-bond acceptors (Lipinski definition) is 2. The van der Waals surface area contributed by atoms with Gasteiger partial charge in [0, 0.05) is 11.6 Å². The van der Waals surface area contributed by atoms with Crippen molar-refractivity contribution in [1.29, 1.82) is 0 Å². The van der Waals surface area contributed by atoms with Gasteiger partial charge in [-0.05, 0) is 56.3 Å². The molecule has 0 atom stereocenters. The van der Waals surface area contributed by atoms with Gasteiger partial charge in [-0.2, -0.15) is 0 Å². The van der Waals surface area contributed by atoms with Gasteiger partial charge < -0.3 is 11.1 Å². The van der Waals surface area contributed by atoms with Crippen LogP contribution in [0.3, 0.4) is 0 Å². The van der Waals surface area contributed by atoms with Crippen molar-refractivity contribution in [2.75, 3.05) is 6.54 Å². The zero-order chi connectivity index (χ0) is 13.8. The quantitative estimate of drug-likeness (QED) is 0.883. The first-order valence-electron chi connectivity index (χ1n) is 6.56. The van der Waals surface area contributed by atoms with Gasteiger partial charge in [0.15, 0.2) is 11.6 Å². The first kappa shape index (κ1) is 13.9. The number of nitrogens with one attached hydrogen (secondary N) is 1. The third-order valence-electron chi connectivity index (χ3n) is 3.70. The molecule has 0 spiro atoms. The van der Waals surface area contributed by atoms with Gasteiger partial charge in [0.2, 0.25) is 0 Å². The van der Waals surface area contributed by atoms with Crippen molar-refractivity contribution in [3.63, 3.8) is 0 Å². The van der Waals surface area contributed by atoms with Crippen LogP contribution < -0.4 is 11.1 Å². The SMILES string of the molecule is NC[C@H]1CC[C@@H](NC(=O)c2ccc(F)c(F)c2)CC1. The second kappa shape index (κ2) is 6.10. The molecule has 2 rings (SSSR count). The standard InChI is InChI=1S/C14H18F2N2O/c15-12-6-3-10(7-13(12)16)14(19)18-11-4-1-9(8-17)2-5-11/h3,6-7,9,11H,1-2,4-5,8,17H2,(H,18,19)/t9-,11+. The lowest BCUT2D eigenvalue weighted by Gasteiger charge is -2.28. The van der Waals surface area contributed by atoms with Crippen LogP contribution in [0.2, 0.25) is 0 Å². The van der Waals surface area contributed by atoms with Crippen LogP contribution in [0.25, 0.3) is 0 Å². The summed E-state index contributed by atoms with van der Waals surface area (Å²) >= 11 is 0. The molecule has 0 heterocycles. The number of benzene rings is 1. The average Bonchev–Trinajstić information content (AvgIpc) is 2.42. The zero-order valence-corrected chi connectivity index (χ0v) is 10.7. The number of nitrogens with two attached hydrogens (primary N) is 1. The van der Waals surface area contributed by atoms with E-state index in [0.717, 1.165) is 37.8 Å². The molecule has 0 radical (unpaired) electrons. The highest BCUT2D eigenvalue weighted by atomic mass is 19.2. The highest BCUT2D eigenvalue weighted by Crippen LogP contribution is 2.23. The molecule has 1 saturated carbocycles. The van der Waals surface area contributed by atoms with Crippen molar-refractivity contribution in [2.45, 2.75) is 31.7 Å². The van der Waals surface area contributed by atoms with E-state index in [-0.39, 0.29) is 17.5 Å². The normalized spacial score (nSPS) is 23.1. The van der Waals surface area contributed by atoms with Crippen LogP contribution in [0, 0.1) is 17.6 Å². The summed E-state index contributed by atoms with van der Waals surface area (Å²) in [5.41, 5.74) is 5.76. The molecule has 1 fully saturated rings. The molecule has 1 aromatic rings. The number of hydrogen-bond donors (Lipinski definition) is 2. The Kier molecular flexibility index (Phi) is 4.47. The molecule has 0 unspecified atom stereocenters. The largest absolute Gasteiger partial charge is 0.349 e. The number of rotatable bonds is 3. The van der Waals surface area contributed by atoms with Crippen LogP contribution in [-0.2, 0) is 0 Å². The minimum absolute atomic E-state index is 0.100. The summed E-state index contributed by atoms with van der Waals surface area (Å²) in [6.45, 7) is 0.684.